The Labute approximate surface area is 115 Å². The third kappa shape index (κ3) is 3.34. The zero-order valence-electron chi connectivity index (χ0n) is 11.6. The summed E-state index contributed by atoms with van der Waals surface area (Å²) >= 11 is 1.84. The molecule has 1 aromatic heterocycles. The molecule has 1 aliphatic heterocycles. The van der Waals surface area contributed by atoms with Crippen molar-refractivity contribution in [3.05, 3.63) is 22.4 Å². The van der Waals surface area contributed by atoms with E-state index in [9.17, 15) is 0 Å². The van der Waals surface area contributed by atoms with Crippen molar-refractivity contribution in [1.29, 1.82) is 0 Å². The van der Waals surface area contributed by atoms with Crippen LogP contribution in [0.4, 0.5) is 0 Å². The molecule has 0 bridgehead atoms. The Morgan fingerprint density at radius 1 is 1.44 bits per heavy atom. The molecule has 0 amide bonds. The van der Waals surface area contributed by atoms with E-state index in [1.54, 1.807) is 0 Å². The Balaban J connectivity index is 2.07. The van der Waals surface area contributed by atoms with Gasteiger partial charge in [-0.15, -0.1) is 11.3 Å². The van der Waals surface area contributed by atoms with Crippen LogP contribution in [-0.4, -0.2) is 24.0 Å². The first-order valence-corrected chi connectivity index (χ1v) is 8.13. The van der Waals surface area contributed by atoms with Crippen LogP contribution in [0.25, 0.3) is 0 Å². The largest absolute Gasteiger partial charge is 0.326 e. The normalized spacial score (nSPS) is 25.6. The summed E-state index contributed by atoms with van der Waals surface area (Å²) in [6, 6.07) is 5.01. The molecule has 2 rings (SSSR count). The highest BCUT2D eigenvalue weighted by molar-refractivity contribution is 7.10. The molecule has 1 fully saturated rings. The fraction of sp³-hybridized carbons (Fsp3) is 0.733. The highest BCUT2D eigenvalue weighted by atomic mass is 32.1. The van der Waals surface area contributed by atoms with Gasteiger partial charge in [-0.05, 0) is 56.6 Å². The van der Waals surface area contributed by atoms with Gasteiger partial charge in [0, 0.05) is 10.9 Å². The summed E-state index contributed by atoms with van der Waals surface area (Å²) in [6.07, 6.45) is 5.39. The number of hydrogen-bond acceptors (Lipinski definition) is 3. The van der Waals surface area contributed by atoms with Gasteiger partial charge >= 0.3 is 0 Å². The van der Waals surface area contributed by atoms with Crippen molar-refractivity contribution in [3.8, 4) is 0 Å². The fourth-order valence-electron chi connectivity index (χ4n) is 3.11. The average Bonchev–Trinajstić information content (AvgIpc) is 2.75. The predicted octanol–water partition coefficient (Wildman–Crippen LogP) is 3.65. The summed E-state index contributed by atoms with van der Waals surface area (Å²) < 4.78 is 0. The molecule has 2 nitrogen and oxygen atoms in total. The Morgan fingerprint density at radius 2 is 2.28 bits per heavy atom. The SMILES string of the molecule is CCC1CCCN(C(c2cccs2)C(C)N)CC1. The first-order chi connectivity index (χ1) is 8.72. The predicted molar refractivity (Wildman–Crippen MR) is 79.9 cm³/mol. The number of nitrogens with two attached hydrogens (primary N) is 1. The van der Waals surface area contributed by atoms with Crippen LogP contribution in [0.3, 0.4) is 0 Å². The third-order valence-electron chi connectivity index (χ3n) is 4.19. The van der Waals surface area contributed by atoms with E-state index >= 15 is 0 Å². The average molecular weight is 266 g/mol. The number of nitrogens with zero attached hydrogens (tertiary/aromatic N) is 1. The van der Waals surface area contributed by atoms with Crippen LogP contribution >= 0.6 is 11.3 Å². The summed E-state index contributed by atoms with van der Waals surface area (Å²) in [5.41, 5.74) is 6.24. The number of likely N-dealkylation sites (tertiary alicyclic amines) is 1. The molecule has 0 aromatic carbocycles. The minimum atomic E-state index is 0.210. The van der Waals surface area contributed by atoms with E-state index in [2.05, 4.69) is 36.3 Å². The third-order valence-corrected chi connectivity index (χ3v) is 5.13. The lowest BCUT2D eigenvalue weighted by molar-refractivity contribution is 0.183. The van der Waals surface area contributed by atoms with E-state index in [0.29, 0.717) is 6.04 Å². The molecule has 0 spiro atoms. The molecule has 3 unspecified atom stereocenters. The molecule has 102 valence electrons. The van der Waals surface area contributed by atoms with Crippen molar-refractivity contribution >= 4 is 11.3 Å². The second-order valence-electron chi connectivity index (χ2n) is 5.56. The molecular formula is C15H26N2S. The molecule has 0 saturated carbocycles. The quantitative estimate of drug-likeness (QED) is 0.901. The van der Waals surface area contributed by atoms with Gasteiger partial charge in [0.05, 0.1) is 6.04 Å². The van der Waals surface area contributed by atoms with Crippen LogP contribution in [0.2, 0.25) is 0 Å². The number of hydrogen-bond donors (Lipinski definition) is 1. The van der Waals surface area contributed by atoms with Gasteiger partial charge < -0.3 is 5.73 Å². The molecule has 1 aromatic rings. The number of thiophene rings is 1. The first-order valence-electron chi connectivity index (χ1n) is 7.25. The van der Waals surface area contributed by atoms with Crippen molar-refractivity contribution in [2.45, 2.75) is 51.6 Å². The summed E-state index contributed by atoms with van der Waals surface area (Å²) in [6.45, 7) is 6.89. The van der Waals surface area contributed by atoms with E-state index in [0.717, 1.165) is 5.92 Å². The summed E-state index contributed by atoms with van der Waals surface area (Å²) in [7, 11) is 0. The second-order valence-corrected chi connectivity index (χ2v) is 6.54. The Hall–Kier alpha value is -0.380. The van der Waals surface area contributed by atoms with Crippen LogP contribution in [0, 0.1) is 5.92 Å². The molecule has 2 N–H and O–H groups in total. The van der Waals surface area contributed by atoms with Crippen molar-refractivity contribution in [2.24, 2.45) is 11.7 Å². The summed E-state index contributed by atoms with van der Waals surface area (Å²) in [4.78, 5) is 4.05. The molecule has 3 atom stereocenters. The van der Waals surface area contributed by atoms with Crippen molar-refractivity contribution < 1.29 is 0 Å². The lowest BCUT2D eigenvalue weighted by Crippen LogP contribution is -2.39. The summed E-state index contributed by atoms with van der Waals surface area (Å²) in [5.74, 6) is 0.923. The molecule has 1 aliphatic rings. The smallest absolute Gasteiger partial charge is 0.0590 e. The van der Waals surface area contributed by atoms with Crippen LogP contribution < -0.4 is 5.73 Å². The molecular weight excluding hydrogens is 240 g/mol. The van der Waals surface area contributed by atoms with Crippen molar-refractivity contribution in [2.75, 3.05) is 13.1 Å². The Morgan fingerprint density at radius 3 is 2.89 bits per heavy atom. The maximum atomic E-state index is 6.24. The second kappa shape index (κ2) is 6.69. The van der Waals surface area contributed by atoms with Gasteiger partial charge in [0.1, 0.15) is 0 Å². The summed E-state index contributed by atoms with van der Waals surface area (Å²) in [5, 5.41) is 2.16. The van der Waals surface area contributed by atoms with Gasteiger partial charge in [0.25, 0.3) is 0 Å². The van der Waals surface area contributed by atoms with E-state index in [-0.39, 0.29) is 6.04 Å². The van der Waals surface area contributed by atoms with E-state index in [1.807, 2.05) is 11.3 Å². The molecule has 2 heterocycles. The van der Waals surface area contributed by atoms with Gasteiger partial charge in [-0.3, -0.25) is 4.90 Å². The molecule has 3 heteroatoms. The highest BCUT2D eigenvalue weighted by Crippen LogP contribution is 2.31. The topological polar surface area (TPSA) is 29.3 Å². The highest BCUT2D eigenvalue weighted by Gasteiger charge is 2.27. The van der Waals surface area contributed by atoms with Gasteiger partial charge in [-0.25, -0.2) is 0 Å². The minimum absolute atomic E-state index is 0.210. The number of rotatable bonds is 4. The first kappa shape index (κ1) is 14.0. The zero-order chi connectivity index (χ0) is 13.0. The van der Waals surface area contributed by atoms with Crippen molar-refractivity contribution in [1.82, 2.24) is 4.90 Å². The van der Waals surface area contributed by atoms with Gasteiger partial charge in [0.15, 0.2) is 0 Å². The Kier molecular flexibility index (Phi) is 5.22. The standard InChI is InChI=1S/C15H26N2S/c1-3-13-6-4-9-17(10-8-13)15(12(2)16)14-7-5-11-18-14/h5,7,11-13,15H,3-4,6,8-10,16H2,1-2H3. The van der Waals surface area contributed by atoms with Crippen molar-refractivity contribution in [3.63, 3.8) is 0 Å². The Bertz CT molecular complexity index is 334. The maximum Gasteiger partial charge on any atom is 0.0590 e. The van der Waals surface area contributed by atoms with E-state index < -0.39 is 0 Å². The maximum absolute atomic E-state index is 6.24. The minimum Gasteiger partial charge on any atom is -0.326 e. The van der Waals surface area contributed by atoms with Crippen LogP contribution in [0.15, 0.2) is 17.5 Å². The molecule has 0 radical (unpaired) electrons. The zero-order valence-corrected chi connectivity index (χ0v) is 12.5. The van der Waals surface area contributed by atoms with Crippen LogP contribution in [-0.2, 0) is 0 Å². The van der Waals surface area contributed by atoms with Gasteiger partial charge in [-0.2, -0.15) is 0 Å². The van der Waals surface area contributed by atoms with Gasteiger partial charge in [-0.1, -0.05) is 19.4 Å². The lowest BCUT2D eigenvalue weighted by atomic mass is 9.98. The van der Waals surface area contributed by atoms with E-state index in [1.165, 1.54) is 43.6 Å². The van der Waals surface area contributed by atoms with Gasteiger partial charge in [0.2, 0.25) is 0 Å². The lowest BCUT2D eigenvalue weighted by Gasteiger charge is -2.32. The monoisotopic (exact) mass is 266 g/mol. The fourth-order valence-corrected chi connectivity index (χ4v) is 4.08. The molecule has 1 saturated heterocycles. The van der Waals surface area contributed by atoms with E-state index in [4.69, 9.17) is 5.73 Å². The van der Waals surface area contributed by atoms with Crippen LogP contribution in [0.5, 0.6) is 0 Å². The van der Waals surface area contributed by atoms with Crippen LogP contribution in [0.1, 0.15) is 50.4 Å². The molecule has 18 heavy (non-hydrogen) atoms. The molecule has 0 aliphatic carbocycles.